The zero-order chi connectivity index (χ0) is 7.28. The van der Waals surface area contributed by atoms with Crippen molar-refractivity contribution >= 4 is 20.9 Å². The Bertz CT molecular complexity index is 120. The van der Waals surface area contributed by atoms with E-state index in [2.05, 4.69) is 11.3 Å². The van der Waals surface area contributed by atoms with Crippen molar-refractivity contribution in [3.63, 3.8) is 0 Å². The van der Waals surface area contributed by atoms with Crippen molar-refractivity contribution < 1.29 is 9.53 Å². The summed E-state index contributed by atoms with van der Waals surface area (Å²) in [6.45, 7) is 5.77. The van der Waals surface area contributed by atoms with Crippen molar-refractivity contribution in [1.29, 1.82) is 0 Å². The monoisotopic (exact) mass is 194 g/mol. The maximum absolute atomic E-state index is 10.7. The van der Waals surface area contributed by atoms with Crippen LogP contribution in [0.25, 0.3) is 0 Å². The van der Waals surface area contributed by atoms with Crippen LogP contribution < -0.4 is 0 Å². The summed E-state index contributed by atoms with van der Waals surface area (Å²) in [5, 5.41) is 0. The first-order chi connectivity index (χ1) is 4.22. The fraction of sp³-hybridized carbons (Fsp3) is 0.500. The Morgan fingerprint density at radius 3 is 2.67 bits per heavy atom. The van der Waals surface area contributed by atoms with Crippen LogP contribution in [-0.4, -0.2) is 27.5 Å². The average molecular weight is 193 g/mol. The minimum absolute atomic E-state index is 0.187. The van der Waals surface area contributed by atoms with Gasteiger partial charge in [-0.1, -0.05) is 0 Å². The zero-order valence-corrected chi connectivity index (χ0v) is 7.35. The Morgan fingerprint density at radius 1 is 1.78 bits per heavy atom. The molecule has 0 aliphatic carbocycles. The first kappa shape index (κ1) is 8.73. The third-order valence-electron chi connectivity index (χ3n) is 0.750. The first-order valence-corrected chi connectivity index (χ1v) is 5.19. The van der Waals surface area contributed by atoms with E-state index >= 15 is 0 Å². The molecule has 0 spiro atoms. The van der Waals surface area contributed by atoms with E-state index in [0.29, 0.717) is 11.1 Å². The Kier molecular flexibility index (Phi) is 4.46. The van der Waals surface area contributed by atoms with Gasteiger partial charge < -0.3 is 0 Å². The molecule has 0 aliphatic heterocycles. The molecule has 0 amide bonds. The van der Waals surface area contributed by atoms with Crippen LogP contribution in [0.2, 0.25) is 5.82 Å². The normalized spacial score (nSPS) is 8.67. The molecule has 0 atom stereocenters. The van der Waals surface area contributed by atoms with Crippen molar-refractivity contribution in [3.8, 4) is 0 Å². The van der Waals surface area contributed by atoms with Crippen LogP contribution in [0.3, 0.4) is 0 Å². The van der Waals surface area contributed by atoms with Crippen LogP contribution in [-0.2, 0) is 9.53 Å². The van der Waals surface area contributed by atoms with E-state index in [0.717, 1.165) is 0 Å². The van der Waals surface area contributed by atoms with Crippen molar-refractivity contribution in [2.24, 2.45) is 0 Å². The molecule has 0 saturated carbocycles. The zero-order valence-electron chi connectivity index (χ0n) is 5.64. The van der Waals surface area contributed by atoms with Gasteiger partial charge in [-0.2, -0.15) is 0 Å². The molecule has 0 aromatic carbocycles. The van der Waals surface area contributed by atoms with Crippen LogP contribution in [0, 0.1) is 0 Å². The Labute approximate surface area is 61.4 Å². The molecular formula is C6H10O2Se. The number of carbonyl (C=O) groups excluding carboxylic acids is 1. The summed E-state index contributed by atoms with van der Waals surface area (Å²) >= 11 is 0.187. The van der Waals surface area contributed by atoms with Crippen LogP contribution in [0.1, 0.15) is 6.92 Å². The molecule has 0 aliphatic rings. The second-order valence-corrected chi connectivity index (χ2v) is 3.24. The molecule has 0 radical (unpaired) electrons. The molecule has 0 aromatic rings. The molecule has 0 rings (SSSR count). The minimum atomic E-state index is -0.250. The summed E-state index contributed by atoms with van der Waals surface area (Å²) in [5.74, 6) is 1.69. The predicted molar refractivity (Wildman–Crippen MR) is 37.4 cm³/mol. The van der Waals surface area contributed by atoms with Gasteiger partial charge in [0.25, 0.3) is 0 Å². The van der Waals surface area contributed by atoms with E-state index < -0.39 is 0 Å². The van der Waals surface area contributed by atoms with Gasteiger partial charge in [-0.05, 0) is 0 Å². The van der Waals surface area contributed by atoms with E-state index in [1.807, 2.05) is 5.82 Å². The molecule has 0 aromatic heterocycles. The van der Waals surface area contributed by atoms with Crippen molar-refractivity contribution in [1.82, 2.24) is 0 Å². The number of hydrogen-bond donors (Lipinski definition) is 0. The number of hydrogen-bond acceptors (Lipinski definition) is 2. The van der Waals surface area contributed by atoms with Crippen LogP contribution >= 0.6 is 0 Å². The summed E-state index contributed by atoms with van der Waals surface area (Å²) in [7, 11) is 0. The van der Waals surface area contributed by atoms with E-state index in [4.69, 9.17) is 0 Å². The molecule has 3 heteroatoms. The fourth-order valence-corrected chi connectivity index (χ4v) is 0.768. The van der Waals surface area contributed by atoms with Crippen LogP contribution in [0.15, 0.2) is 11.1 Å². The molecule has 0 saturated heterocycles. The van der Waals surface area contributed by atoms with E-state index in [1.54, 1.807) is 6.92 Å². The fourth-order valence-electron chi connectivity index (χ4n) is 0.295. The second kappa shape index (κ2) is 4.59. The van der Waals surface area contributed by atoms with Crippen LogP contribution in [0.5, 0.6) is 0 Å². The summed E-state index contributed by atoms with van der Waals surface area (Å²) in [6, 6.07) is 0. The van der Waals surface area contributed by atoms with Gasteiger partial charge in [0, 0.05) is 0 Å². The quantitative estimate of drug-likeness (QED) is 0.376. The van der Waals surface area contributed by atoms with Crippen molar-refractivity contribution in [3.05, 3.63) is 11.1 Å². The van der Waals surface area contributed by atoms with Gasteiger partial charge in [0.2, 0.25) is 0 Å². The Balaban J connectivity index is 3.60. The molecule has 2 nitrogen and oxygen atoms in total. The van der Waals surface area contributed by atoms with Gasteiger partial charge in [0.05, 0.1) is 0 Å². The molecule has 0 fully saturated rings. The van der Waals surface area contributed by atoms with Crippen LogP contribution in [0.4, 0.5) is 0 Å². The van der Waals surface area contributed by atoms with Gasteiger partial charge >= 0.3 is 60.9 Å². The van der Waals surface area contributed by atoms with Gasteiger partial charge in [0.15, 0.2) is 0 Å². The SMILES string of the molecule is C=C([Se]C)C(=O)OCC. The van der Waals surface area contributed by atoms with E-state index in [1.165, 1.54) is 0 Å². The Hall–Kier alpha value is -0.271. The topological polar surface area (TPSA) is 26.3 Å². The van der Waals surface area contributed by atoms with Gasteiger partial charge in [0.1, 0.15) is 0 Å². The van der Waals surface area contributed by atoms with Gasteiger partial charge in [-0.3, -0.25) is 0 Å². The maximum atomic E-state index is 10.7. The standard InChI is InChI=1S/C6H10O2Se/c1-4-8-6(7)5(2)9-3/h2,4H2,1,3H3. The molecule has 9 heavy (non-hydrogen) atoms. The average Bonchev–Trinajstić information content (AvgIpc) is 1.87. The molecular weight excluding hydrogens is 183 g/mol. The first-order valence-electron chi connectivity index (χ1n) is 2.62. The van der Waals surface area contributed by atoms with Gasteiger partial charge in [-0.15, -0.1) is 0 Å². The molecule has 52 valence electrons. The summed E-state index contributed by atoms with van der Waals surface area (Å²) in [4.78, 5) is 10.7. The number of ether oxygens (including phenoxy) is 1. The summed E-state index contributed by atoms with van der Waals surface area (Å²) in [6.07, 6.45) is 0. The van der Waals surface area contributed by atoms with Crippen molar-refractivity contribution in [2.45, 2.75) is 12.7 Å². The van der Waals surface area contributed by atoms with E-state index in [-0.39, 0.29) is 20.9 Å². The van der Waals surface area contributed by atoms with Gasteiger partial charge in [-0.25, -0.2) is 0 Å². The summed E-state index contributed by atoms with van der Waals surface area (Å²) in [5.41, 5.74) is 0. The third kappa shape index (κ3) is 3.33. The molecule has 0 N–H and O–H groups in total. The second-order valence-electron chi connectivity index (χ2n) is 1.35. The predicted octanol–water partition coefficient (Wildman–Crippen LogP) is 0.815. The molecule has 0 heterocycles. The number of rotatable bonds is 3. The van der Waals surface area contributed by atoms with E-state index in [9.17, 15) is 4.79 Å². The number of carbonyl (C=O) groups is 1. The molecule has 0 unspecified atom stereocenters. The molecule has 0 bridgehead atoms. The Morgan fingerprint density at radius 2 is 2.33 bits per heavy atom. The van der Waals surface area contributed by atoms with Crippen molar-refractivity contribution in [2.75, 3.05) is 6.61 Å². The summed E-state index contributed by atoms with van der Waals surface area (Å²) < 4.78 is 5.27. The third-order valence-corrected chi connectivity index (χ3v) is 2.13. The number of esters is 1.